The van der Waals surface area contributed by atoms with Gasteiger partial charge in [0.2, 0.25) is 0 Å². The van der Waals surface area contributed by atoms with Gasteiger partial charge in [0.15, 0.2) is 0 Å². The van der Waals surface area contributed by atoms with Gasteiger partial charge in [-0.15, -0.1) is 0 Å². The number of aliphatic imine (C=N–C) groups is 1. The van der Waals surface area contributed by atoms with Crippen LogP contribution in [0.2, 0.25) is 19.6 Å². The molecule has 0 unspecified atom stereocenters. The predicted octanol–water partition coefficient (Wildman–Crippen LogP) is 3.02. The molecule has 1 aromatic carbocycles. The Bertz CT molecular complexity index is 411. The van der Waals surface area contributed by atoms with Crippen LogP contribution in [0.3, 0.4) is 0 Å². The SMILES string of the molecule is C[Si](C)(C)CN(Cc1ccccc1)N1C=NCCC1. The summed E-state index contributed by atoms with van der Waals surface area (Å²) in [5, 5.41) is 4.79. The predicted molar refractivity (Wildman–Crippen MR) is 84.9 cm³/mol. The van der Waals surface area contributed by atoms with Crippen LogP contribution < -0.4 is 0 Å². The van der Waals surface area contributed by atoms with Gasteiger partial charge < -0.3 is 0 Å². The molecule has 0 saturated heterocycles. The molecule has 0 bridgehead atoms. The highest BCUT2D eigenvalue weighted by Gasteiger charge is 2.23. The topological polar surface area (TPSA) is 18.8 Å². The van der Waals surface area contributed by atoms with Gasteiger partial charge in [-0.1, -0.05) is 50.0 Å². The maximum absolute atomic E-state index is 4.43. The number of benzene rings is 1. The summed E-state index contributed by atoms with van der Waals surface area (Å²) in [6.45, 7) is 10.3. The van der Waals surface area contributed by atoms with Crippen LogP contribution in [0.1, 0.15) is 12.0 Å². The lowest BCUT2D eigenvalue weighted by Crippen LogP contribution is -2.50. The Kier molecular flexibility index (Phi) is 4.77. The molecule has 0 fully saturated rings. The van der Waals surface area contributed by atoms with E-state index in [1.54, 1.807) is 0 Å². The Morgan fingerprint density at radius 1 is 1.21 bits per heavy atom. The Labute approximate surface area is 117 Å². The van der Waals surface area contributed by atoms with E-state index in [-0.39, 0.29) is 0 Å². The Balaban J connectivity index is 2.09. The normalized spacial score (nSPS) is 16.1. The molecule has 1 heterocycles. The molecule has 0 saturated carbocycles. The van der Waals surface area contributed by atoms with E-state index in [0.717, 1.165) is 26.1 Å². The van der Waals surface area contributed by atoms with Gasteiger partial charge in [-0.05, 0) is 12.0 Å². The molecular formula is C15H25N3Si. The zero-order valence-corrected chi connectivity index (χ0v) is 13.3. The summed E-state index contributed by atoms with van der Waals surface area (Å²) in [6, 6.07) is 10.7. The number of hydrogen-bond acceptors (Lipinski definition) is 3. The minimum Gasteiger partial charge on any atom is -0.296 e. The number of hydrazine groups is 1. The molecule has 0 aromatic heterocycles. The van der Waals surface area contributed by atoms with Crippen LogP contribution in [0.15, 0.2) is 35.3 Å². The van der Waals surface area contributed by atoms with E-state index < -0.39 is 8.07 Å². The molecule has 0 spiro atoms. The maximum Gasteiger partial charge on any atom is 0.0994 e. The van der Waals surface area contributed by atoms with Gasteiger partial charge in [0.05, 0.1) is 14.4 Å². The summed E-state index contributed by atoms with van der Waals surface area (Å²) in [5.41, 5.74) is 1.37. The quantitative estimate of drug-likeness (QED) is 0.769. The van der Waals surface area contributed by atoms with Gasteiger partial charge in [-0.2, -0.15) is 0 Å². The molecule has 1 aromatic rings. The number of nitrogens with zero attached hydrogens (tertiary/aromatic N) is 3. The molecule has 2 rings (SSSR count). The van der Waals surface area contributed by atoms with E-state index >= 15 is 0 Å². The van der Waals surface area contributed by atoms with Crippen molar-refractivity contribution in [2.24, 2.45) is 4.99 Å². The van der Waals surface area contributed by atoms with Crippen LogP contribution >= 0.6 is 0 Å². The van der Waals surface area contributed by atoms with Crippen LogP contribution in [0.4, 0.5) is 0 Å². The standard InChI is InChI=1S/C15H25N3Si/c1-19(2,3)14-18(17-11-7-10-16-13-17)12-15-8-5-4-6-9-15/h4-6,8-9,13H,7,10-12,14H2,1-3H3. The van der Waals surface area contributed by atoms with Crippen LogP contribution in [-0.2, 0) is 6.54 Å². The lowest BCUT2D eigenvalue weighted by molar-refractivity contribution is 0.0556. The highest BCUT2D eigenvalue weighted by atomic mass is 28.3. The Morgan fingerprint density at radius 3 is 2.53 bits per heavy atom. The maximum atomic E-state index is 4.43. The molecule has 1 aliphatic heterocycles. The van der Waals surface area contributed by atoms with Crippen molar-refractivity contribution < 1.29 is 0 Å². The average molecular weight is 275 g/mol. The Morgan fingerprint density at radius 2 is 1.95 bits per heavy atom. The summed E-state index contributed by atoms with van der Waals surface area (Å²) in [7, 11) is -1.14. The molecule has 0 atom stereocenters. The first-order valence-electron chi connectivity index (χ1n) is 7.10. The lowest BCUT2D eigenvalue weighted by Gasteiger charge is -2.38. The van der Waals surface area contributed by atoms with Crippen molar-refractivity contribution in [3.05, 3.63) is 35.9 Å². The van der Waals surface area contributed by atoms with Crippen molar-refractivity contribution in [3.8, 4) is 0 Å². The summed E-state index contributed by atoms with van der Waals surface area (Å²) < 4.78 is 0. The van der Waals surface area contributed by atoms with Crippen LogP contribution in [-0.4, -0.2) is 43.7 Å². The lowest BCUT2D eigenvalue weighted by atomic mass is 10.2. The molecule has 1 aliphatic rings. The second kappa shape index (κ2) is 6.35. The minimum absolute atomic E-state index is 0.975. The molecular weight excluding hydrogens is 250 g/mol. The third-order valence-corrected chi connectivity index (χ3v) is 4.43. The second-order valence-corrected chi connectivity index (χ2v) is 11.8. The largest absolute Gasteiger partial charge is 0.296 e. The molecule has 0 aliphatic carbocycles. The molecule has 0 radical (unpaired) electrons. The molecule has 104 valence electrons. The molecule has 19 heavy (non-hydrogen) atoms. The van der Waals surface area contributed by atoms with Crippen LogP contribution in [0, 0.1) is 0 Å². The molecule has 0 amide bonds. The third-order valence-electron chi connectivity index (χ3n) is 3.12. The van der Waals surface area contributed by atoms with Crippen molar-refractivity contribution in [3.63, 3.8) is 0 Å². The van der Waals surface area contributed by atoms with Gasteiger partial charge in [0.1, 0.15) is 0 Å². The van der Waals surface area contributed by atoms with E-state index in [1.165, 1.54) is 11.7 Å². The van der Waals surface area contributed by atoms with Crippen molar-refractivity contribution in [2.75, 3.05) is 19.3 Å². The third kappa shape index (κ3) is 4.80. The van der Waals surface area contributed by atoms with Gasteiger partial charge in [0, 0.05) is 25.8 Å². The average Bonchev–Trinajstić information content (AvgIpc) is 2.39. The summed E-state index contributed by atoms with van der Waals surface area (Å²) >= 11 is 0. The van der Waals surface area contributed by atoms with Crippen molar-refractivity contribution in [2.45, 2.75) is 32.6 Å². The fraction of sp³-hybridized carbons (Fsp3) is 0.533. The molecule has 3 nitrogen and oxygen atoms in total. The first-order chi connectivity index (χ1) is 9.04. The van der Waals surface area contributed by atoms with E-state index in [1.807, 2.05) is 6.34 Å². The van der Waals surface area contributed by atoms with Crippen molar-refractivity contribution >= 4 is 14.4 Å². The van der Waals surface area contributed by atoms with Gasteiger partial charge >= 0.3 is 0 Å². The van der Waals surface area contributed by atoms with Gasteiger partial charge in [0.25, 0.3) is 0 Å². The summed E-state index contributed by atoms with van der Waals surface area (Å²) in [5.74, 6) is 0. The molecule has 4 heteroatoms. The van der Waals surface area contributed by atoms with Gasteiger partial charge in [-0.3, -0.25) is 10.0 Å². The van der Waals surface area contributed by atoms with Crippen LogP contribution in [0.5, 0.6) is 0 Å². The summed E-state index contributed by atoms with van der Waals surface area (Å²) in [4.78, 5) is 4.43. The van der Waals surface area contributed by atoms with E-state index in [2.05, 4.69) is 65.0 Å². The highest BCUT2D eigenvalue weighted by Crippen LogP contribution is 2.13. The van der Waals surface area contributed by atoms with Crippen LogP contribution in [0.25, 0.3) is 0 Å². The zero-order valence-electron chi connectivity index (χ0n) is 12.3. The first-order valence-corrected chi connectivity index (χ1v) is 10.8. The van der Waals surface area contributed by atoms with E-state index in [0.29, 0.717) is 0 Å². The fourth-order valence-corrected chi connectivity index (χ4v) is 3.72. The minimum atomic E-state index is -1.14. The fourth-order valence-electron chi connectivity index (χ4n) is 2.33. The van der Waals surface area contributed by atoms with Crippen molar-refractivity contribution in [1.29, 1.82) is 0 Å². The second-order valence-electron chi connectivity index (χ2n) is 6.41. The monoisotopic (exact) mass is 275 g/mol. The Hall–Kier alpha value is -1.13. The molecule has 0 N–H and O–H groups in total. The number of rotatable bonds is 5. The first kappa shape index (κ1) is 14.3. The highest BCUT2D eigenvalue weighted by molar-refractivity contribution is 6.76. The summed E-state index contributed by atoms with van der Waals surface area (Å²) in [6.07, 6.45) is 4.36. The smallest absolute Gasteiger partial charge is 0.0994 e. The van der Waals surface area contributed by atoms with Crippen molar-refractivity contribution in [1.82, 2.24) is 10.0 Å². The van der Waals surface area contributed by atoms with E-state index in [4.69, 9.17) is 0 Å². The number of hydrogen-bond donors (Lipinski definition) is 0. The zero-order chi connectivity index (χ0) is 13.7. The van der Waals surface area contributed by atoms with E-state index in [9.17, 15) is 0 Å². The van der Waals surface area contributed by atoms with Gasteiger partial charge in [-0.25, -0.2) is 5.01 Å².